The molecule has 1 aromatic heterocycles. The van der Waals surface area contributed by atoms with E-state index in [1.807, 2.05) is 58.8 Å². The van der Waals surface area contributed by atoms with Gasteiger partial charge in [-0.25, -0.2) is 0 Å². The molecule has 0 unspecified atom stereocenters. The summed E-state index contributed by atoms with van der Waals surface area (Å²) < 4.78 is 10.7. The van der Waals surface area contributed by atoms with Gasteiger partial charge in [0.15, 0.2) is 11.5 Å². The van der Waals surface area contributed by atoms with Crippen LogP contribution in [0, 0.1) is 0 Å². The molecule has 1 aliphatic heterocycles. The van der Waals surface area contributed by atoms with Crippen LogP contribution in [0.4, 0.5) is 0 Å². The minimum Gasteiger partial charge on any atom is -0.454 e. The largest absolute Gasteiger partial charge is 0.454 e. The lowest BCUT2D eigenvalue weighted by Gasteiger charge is -2.20. The van der Waals surface area contributed by atoms with Gasteiger partial charge in [0, 0.05) is 17.5 Å². The van der Waals surface area contributed by atoms with Gasteiger partial charge in [0.25, 0.3) is 0 Å². The van der Waals surface area contributed by atoms with Gasteiger partial charge in [-0.05, 0) is 47.2 Å². The molecule has 28 heavy (non-hydrogen) atoms. The molecule has 2 aromatic carbocycles. The highest BCUT2D eigenvalue weighted by molar-refractivity contribution is 7.09. The normalized spacial score (nSPS) is 12.4. The molecule has 2 heterocycles. The van der Waals surface area contributed by atoms with E-state index in [0.717, 1.165) is 17.7 Å². The summed E-state index contributed by atoms with van der Waals surface area (Å²) >= 11 is 1.67. The Kier molecular flexibility index (Phi) is 5.73. The molecule has 0 spiro atoms. The number of carbonyl (C=O) groups excluding carboxylic acids is 1. The molecule has 0 fully saturated rings. The molecule has 142 valence electrons. The number of nitrogens with zero attached hydrogens (tertiary/aromatic N) is 1. The van der Waals surface area contributed by atoms with Crippen molar-refractivity contribution in [2.75, 3.05) is 13.3 Å². The first-order chi connectivity index (χ1) is 13.8. The van der Waals surface area contributed by atoms with Crippen molar-refractivity contribution in [1.82, 2.24) is 4.90 Å². The topological polar surface area (TPSA) is 38.8 Å². The average Bonchev–Trinajstić information content (AvgIpc) is 3.41. The molecule has 4 nitrogen and oxygen atoms in total. The summed E-state index contributed by atoms with van der Waals surface area (Å²) in [4.78, 5) is 16.0. The highest BCUT2D eigenvalue weighted by Gasteiger charge is 2.14. The van der Waals surface area contributed by atoms with Crippen molar-refractivity contribution in [2.45, 2.75) is 13.0 Å². The second kappa shape index (κ2) is 8.76. The molecule has 0 bridgehead atoms. The minimum absolute atomic E-state index is 0.00185. The van der Waals surface area contributed by atoms with Crippen molar-refractivity contribution in [3.8, 4) is 11.5 Å². The molecular weight excluding hydrogens is 370 g/mol. The molecule has 1 amide bonds. The van der Waals surface area contributed by atoms with Gasteiger partial charge in [0.1, 0.15) is 0 Å². The van der Waals surface area contributed by atoms with E-state index in [9.17, 15) is 4.79 Å². The molecule has 0 radical (unpaired) electrons. The van der Waals surface area contributed by atoms with Gasteiger partial charge in [-0.2, -0.15) is 0 Å². The van der Waals surface area contributed by atoms with Gasteiger partial charge in [-0.15, -0.1) is 11.3 Å². The Hall–Kier alpha value is -3.05. The van der Waals surface area contributed by atoms with Crippen molar-refractivity contribution in [3.05, 3.63) is 88.1 Å². The predicted octanol–water partition coefficient (Wildman–Crippen LogP) is 4.76. The fraction of sp³-hybridized carbons (Fsp3) is 0.174. The van der Waals surface area contributed by atoms with Crippen LogP contribution in [0.3, 0.4) is 0 Å². The number of hydrogen-bond acceptors (Lipinski definition) is 4. The lowest BCUT2D eigenvalue weighted by Crippen LogP contribution is -2.30. The summed E-state index contributed by atoms with van der Waals surface area (Å²) in [7, 11) is 0. The predicted molar refractivity (Wildman–Crippen MR) is 111 cm³/mol. The van der Waals surface area contributed by atoms with Crippen molar-refractivity contribution in [1.29, 1.82) is 0 Å². The summed E-state index contributed by atoms with van der Waals surface area (Å²) in [5, 5.41) is 2.04. The second-order valence-corrected chi connectivity index (χ2v) is 7.55. The van der Waals surface area contributed by atoms with Crippen LogP contribution in [0.5, 0.6) is 11.5 Å². The smallest absolute Gasteiger partial charge is 0.246 e. The third-order valence-corrected chi connectivity index (χ3v) is 5.43. The molecule has 3 aromatic rings. The van der Waals surface area contributed by atoms with Gasteiger partial charge in [0.05, 0.1) is 6.54 Å². The van der Waals surface area contributed by atoms with Crippen LogP contribution in [-0.4, -0.2) is 24.1 Å². The summed E-state index contributed by atoms with van der Waals surface area (Å²) in [5.74, 6) is 1.46. The first-order valence-corrected chi connectivity index (χ1v) is 10.1. The van der Waals surface area contributed by atoms with Crippen molar-refractivity contribution >= 4 is 23.3 Å². The molecule has 5 heteroatoms. The van der Waals surface area contributed by atoms with E-state index in [4.69, 9.17) is 9.47 Å². The van der Waals surface area contributed by atoms with Crippen LogP contribution in [0.25, 0.3) is 6.08 Å². The minimum atomic E-state index is 0.00185. The van der Waals surface area contributed by atoms with E-state index in [1.165, 1.54) is 10.4 Å². The van der Waals surface area contributed by atoms with Crippen LogP contribution in [-0.2, 0) is 17.8 Å². The van der Waals surface area contributed by atoms with Crippen LogP contribution >= 0.6 is 11.3 Å². The zero-order valence-electron chi connectivity index (χ0n) is 15.4. The SMILES string of the molecule is O=C(/C=C\c1ccc2c(c1)OCO2)N(CCc1ccccc1)Cc1cccs1. The Bertz CT molecular complexity index is 951. The monoisotopic (exact) mass is 391 g/mol. The molecule has 1 aliphatic rings. The molecular formula is C23H21NO3S. The zero-order valence-corrected chi connectivity index (χ0v) is 16.2. The third-order valence-electron chi connectivity index (χ3n) is 4.57. The zero-order chi connectivity index (χ0) is 19.2. The first-order valence-electron chi connectivity index (χ1n) is 9.21. The van der Waals surface area contributed by atoms with Crippen LogP contribution in [0.1, 0.15) is 16.0 Å². The summed E-state index contributed by atoms with van der Waals surface area (Å²) in [6.07, 6.45) is 4.29. The number of rotatable bonds is 7. The number of hydrogen-bond donors (Lipinski definition) is 0. The van der Waals surface area contributed by atoms with E-state index >= 15 is 0 Å². The Labute approximate surface area is 168 Å². The molecule has 0 atom stereocenters. The van der Waals surface area contributed by atoms with Crippen LogP contribution in [0.15, 0.2) is 72.1 Å². The lowest BCUT2D eigenvalue weighted by atomic mass is 10.1. The van der Waals surface area contributed by atoms with Gasteiger partial charge < -0.3 is 14.4 Å². The molecule has 0 saturated heterocycles. The maximum atomic E-state index is 12.9. The van der Waals surface area contributed by atoms with Gasteiger partial charge in [-0.1, -0.05) is 42.5 Å². The molecule has 4 rings (SSSR count). The Morgan fingerprint density at radius 1 is 1.04 bits per heavy atom. The summed E-state index contributed by atoms with van der Waals surface area (Å²) in [6.45, 7) is 1.54. The summed E-state index contributed by atoms with van der Waals surface area (Å²) in [6, 6.07) is 20.0. The maximum absolute atomic E-state index is 12.9. The number of fused-ring (bicyclic) bond motifs is 1. The van der Waals surface area contributed by atoms with E-state index in [2.05, 4.69) is 18.2 Å². The Balaban J connectivity index is 1.45. The Morgan fingerprint density at radius 3 is 2.71 bits per heavy atom. The number of ether oxygens (including phenoxy) is 2. The average molecular weight is 391 g/mol. The van der Waals surface area contributed by atoms with Crippen molar-refractivity contribution in [2.24, 2.45) is 0 Å². The van der Waals surface area contributed by atoms with Crippen molar-refractivity contribution in [3.63, 3.8) is 0 Å². The second-order valence-electron chi connectivity index (χ2n) is 6.52. The molecule has 0 N–H and O–H groups in total. The number of benzene rings is 2. The van der Waals surface area contributed by atoms with E-state index in [1.54, 1.807) is 17.4 Å². The van der Waals surface area contributed by atoms with Gasteiger partial charge in [-0.3, -0.25) is 4.79 Å². The highest BCUT2D eigenvalue weighted by Crippen LogP contribution is 2.32. The highest BCUT2D eigenvalue weighted by atomic mass is 32.1. The van der Waals surface area contributed by atoms with Crippen LogP contribution < -0.4 is 9.47 Å². The third kappa shape index (κ3) is 4.61. The standard InChI is InChI=1S/C23H21NO3S/c25-23(11-9-19-8-10-21-22(15-19)27-17-26-21)24(16-20-7-4-14-28-20)13-12-18-5-2-1-3-6-18/h1-11,14-15H,12-13,16-17H2/b11-9-. The van der Waals surface area contributed by atoms with Gasteiger partial charge in [0.2, 0.25) is 12.7 Å². The van der Waals surface area contributed by atoms with Crippen molar-refractivity contribution < 1.29 is 14.3 Å². The van der Waals surface area contributed by atoms with Crippen LogP contribution in [0.2, 0.25) is 0 Å². The number of thiophene rings is 1. The molecule has 0 aliphatic carbocycles. The summed E-state index contributed by atoms with van der Waals surface area (Å²) in [5.41, 5.74) is 2.14. The lowest BCUT2D eigenvalue weighted by molar-refractivity contribution is -0.126. The van der Waals surface area contributed by atoms with Gasteiger partial charge >= 0.3 is 0 Å². The van der Waals surface area contributed by atoms with E-state index in [0.29, 0.717) is 18.8 Å². The maximum Gasteiger partial charge on any atom is 0.246 e. The first kappa shape index (κ1) is 18.3. The number of amides is 1. The number of carbonyl (C=O) groups is 1. The van der Waals surface area contributed by atoms with E-state index in [-0.39, 0.29) is 12.7 Å². The molecule has 0 saturated carbocycles. The quantitative estimate of drug-likeness (QED) is 0.545. The fourth-order valence-electron chi connectivity index (χ4n) is 3.06. The fourth-order valence-corrected chi connectivity index (χ4v) is 3.78. The Morgan fingerprint density at radius 2 is 1.89 bits per heavy atom. The van der Waals surface area contributed by atoms with E-state index < -0.39 is 0 Å².